The monoisotopic (exact) mass is 246 g/mol. The van der Waals surface area contributed by atoms with Crippen molar-refractivity contribution in [2.24, 2.45) is 5.92 Å². The van der Waals surface area contributed by atoms with Crippen LogP contribution in [-0.4, -0.2) is 18.3 Å². The van der Waals surface area contributed by atoms with Gasteiger partial charge in [0, 0.05) is 22.6 Å². The van der Waals surface area contributed by atoms with Gasteiger partial charge >= 0.3 is 0 Å². The van der Waals surface area contributed by atoms with Crippen LogP contribution in [0.2, 0.25) is 10.0 Å². The van der Waals surface area contributed by atoms with Crippen LogP contribution in [0.1, 0.15) is 18.1 Å². The van der Waals surface area contributed by atoms with E-state index in [2.05, 4.69) is 0 Å². The van der Waals surface area contributed by atoms with E-state index in [-0.39, 0.29) is 5.92 Å². The van der Waals surface area contributed by atoms with E-state index in [0.717, 1.165) is 18.6 Å². The molecule has 0 saturated carbocycles. The third kappa shape index (κ3) is 2.64. The van der Waals surface area contributed by atoms with Gasteiger partial charge in [-0.25, -0.2) is 0 Å². The van der Waals surface area contributed by atoms with Gasteiger partial charge in [-0.3, -0.25) is 0 Å². The minimum atomic E-state index is -0.538. The Balaban J connectivity index is 2.20. The standard InChI is InChI=1S/C11H12Cl2O2/c12-9-3-8(4-10(13)5-9)11(14)7-1-2-15-6-7/h3-5,7,11,14H,1-2,6H2. The summed E-state index contributed by atoms with van der Waals surface area (Å²) in [5, 5.41) is 11.2. The Labute approximate surface area is 98.8 Å². The number of aliphatic hydroxyl groups excluding tert-OH is 1. The van der Waals surface area contributed by atoms with Crippen LogP contribution in [0, 0.1) is 5.92 Å². The number of rotatable bonds is 2. The fourth-order valence-corrected chi connectivity index (χ4v) is 2.36. The van der Waals surface area contributed by atoms with Gasteiger partial charge in [-0.05, 0) is 30.2 Å². The zero-order chi connectivity index (χ0) is 10.8. The average Bonchev–Trinajstić information content (AvgIpc) is 2.67. The summed E-state index contributed by atoms with van der Waals surface area (Å²) in [6, 6.07) is 5.15. The molecule has 2 atom stereocenters. The molecule has 1 aliphatic rings. The molecule has 1 fully saturated rings. The lowest BCUT2D eigenvalue weighted by Gasteiger charge is -2.17. The lowest BCUT2D eigenvalue weighted by molar-refractivity contribution is 0.0918. The van der Waals surface area contributed by atoms with Gasteiger partial charge in [-0.15, -0.1) is 0 Å². The van der Waals surface area contributed by atoms with Crippen LogP contribution in [0.25, 0.3) is 0 Å². The highest BCUT2D eigenvalue weighted by atomic mass is 35.5. The van der Waals surface area contributed by atoms with Crippen LogP contribution >= 0.6 is 23.2 Å². The van der Waals surface area contributed by atoms with E-state index in [1.165, 1.54) is 0 Å². The molecule has 0 aliphatic carbocycles. The Morgan fingerprint density at radius 1 is 1.27 bits per heavy atom. The number of hydrogen-bond donors (Lipinski definition) is 1. The van der Waals surface area contributed by atoms with E-state index >= 15 is 0 Å². The maximum atomic E-state index is 10.1. The van der Waals surface area contributed by atoms with Crippen molar-refractivity contribution in [1.82, 2.24) is 0 Å². The van der Waals surface area contributed by atoms with Crippen molar-refractivity contribution in [1.29, 1.82) is 0 Å². The molecule has 0 aromatic heterocycles. The summed E-state index contributed by atoms with van der Waals surface area (Å²) in [5.74, 6) is 0.152. The van der Waals surface area contributed by atoms with E-state index in [0.29, 0.717) is 16.7 Å². The molecule has 2 rings (SSSR count). The number of ether oxygens (including phenoxy) is 1. The molecule has 82 valence electrons. The third-order valence-electron chi connectivity index (χ3n) is 2.64. The van der Waals surface area contributed by atoms with E-state index in [4.69, 9.17) is 27.9 Å². The zero-order valence-corrected chi connectivity index (χ0v) is 9.63. The first-order valence-corrected chi connectivity index (χ1v) is 5.64. The molecule has 2 nitrogen and oxygen atoms in total. The summed E-state index contributed by atoms with van der Waals surface area (Å²) in [6.45, 7) is 1.32. The molecule has 0 bridgehead atoms. The predicted molar refractivity (Wildman–Crippen MR) is 60.3 cm³/mol. The van der Waals surface area contributed by atoms with E-state index in [1.807, 2.05) is 0 Å². The number of aliphatic hydroxyl groups is 1. The zero-order valence-electron chi connectivity index (χ0n) is 8.12. The minimum Gasteiger partial charge on any atom is -0.388 e. The molecule has 1 heterocycles. The topological polar surface area (TPSA) is 29.5 Å². The van der Waals surface area contributed by atoms with Crippen molar-refractivity contribution >= 4 is 23.2 Å². The number of hydrogen-bond acceptors (Lipinski definition) is 2. The molecular formula is C11H12Cl2O2. The van der Waals surface area contributed by atoms with Crippen LogP contribution < -0.4 is 0 Å². The first-order valence-electron chi connectivity index (χ1n) is 4.88. The average molecular weight is 247 g/mol. The Bertz CT molecular complexity index is 328. The minimum absolute atomic E-state index is 0.152. The van der Waals surface area contributed by atoms with E-state index in [9.17, 15) is 5.11 Å². The Morgan fingerprint density at radius 3 is 2.47 bits per heavy atom. The molecule has 1 N–H and O–H groups in total. The molecule has 2 unspecified atom stereocenters. The van der Waals surface area contributed by atoms with Gasteiger partial charge < -0.3 is 9.84 Å². The van der Waals surface area contributed by atoms with Crippen LogP contribution in [0.3, 0.4) is 0 Å². The van der Waals surface area contributed by atoms with Gasteiger partial charge in [0.2, 0.25) is 0 Å². The fourth-order valence-electron chi connectivity index (χ4n) is 1.82. The van der Waals surface area contributed by atoms with Crippen LogP contribution in [-0.2, 0) is 4.74 Å². The number of benzene rings is 1. The van der Waals surface area contributed by atoms with Gasteiger partial charge in [-0.2, -0.15) is 0 Å². The first kappa shape index (κ1) is 11.2. The van der Waals surface area contributed by atoms with Crippen LogP contribution in [0.4, 0.5) is 0 Å². The Morgan fingerprint density at radius 2 is 1.93 bits per heavy atom. The van der Waals surface area contributed by atoms with Crippen molar-refractivity contribution in [2.45, 2.75) is 12.5 Å². The predicted octanol–water partition coefficient (Wildman–Crippen LogP) is 3.06. The molecule has 1 aromatic rings. The molecule has 1 aromatic carbocycles. The third-order valence-corrected chi connectivity index (χ3v) is 3.07. The van der Waals surface area contributed by atoms with Gasteiger partial charge in [-0.1, -0.05) is 23.2 Å². The largest absolute Gasteiger partial charge is 0.388 e. The van der Waals surface area contributed by atoms with Crippen molar-refractivity contribution in [2.75, 3.05) is 13.2 Å². The molecule has 1 saturated heterocycles. The SMILES string of the molecule is OC(c1cc(Cl)cc(Cl)c1)C1CCOC1. The van der Waals surface area contributed by atoms with Gasteiger partial charge in [0.25, 0.3) is 0 Å². The summed E-state index contributed by atoms with van der Waals surface area (Å²) in [7, 11) is 0. The second-order valence-electron chi connectivity index (χ2n) is 3.77. The summed E-state index contributed by atoms with van der Waals surface area (Å²) in [6.07, 6.45) is 0.342. The maximum Gasteiger partial charge on any atom is 0.0842 e. The normalized spacial score (nSPS) is 23.0. The molecule has 1 aliphatic heterocycles. The molecule has 0 spiro atoms. The second kappa shape index (κ2) is 4.71. The molecule has 0 amide bonds. The van der Waals surface area contributed by atoms with E-state index < -0.39 is 6.10 Å². The number of halogens is 2. The summed E-state index contributed by atoms with van der Waals surface area (Å²) in [5.41, 5.74) is 0.767. The lowest BCUT2D eigenvalue weighted by Crippen LogP contribution is -2.12. The van der Waals surface area contributed by atoms with Crippen molar-refractivity contribution < 1.29 is 9.84 Å². The van der Waals surface area contributed by atoms with Crippen LogP contribution in [0.15, 0.2) is 18.2 Å². The lowest BCUT2D eigenvalue weighted by atomic mass is 9.95. The molecule has 15 heavy (non-hydrogen) atoms. The Kier molecular flexibility index (Phi) is 3.52. The van der Waals surface area contributed by atoms with Gasteiger partial charge in [0.05, 0.1) is 12.7 Å². The van der Waals surface area contributed by atoms with Crippen molar-refractivity contribution in [3.05, 3.63) is 33.8 Å². The first-order chi connectivity index (χ1) is 7.16. The maximum absolute atomic E-state index is 10.1. The highest BCUT2D eigenvalue weighted by molar-refractivity contribution is 6.34. The van der Waals surface area contributed by atoms with E-state index in [1.54, 1.807) is 18.2 Å². The second-order valence-corrected chi connectivity index (χ2v) is 4.64. The molecular weight excluding hydrogens is 235 g/mol. The highest BCUT2D eigenvalue weighted by Gasteiger charge is 2.25. The highest BCUT2D eigenvalue weighted by Crippen LogP contribution is 2.31. The van der Waals surface area contributed by atoms with Gasteiger partial charge in [0.1, 0.15) is 0 Å². The van der Waals surface area contributed by atoms with Crippen LogP contribution in [0.5, 0.6) is 0 Å². The van der Waals surface area contributed by atoms with Crippen molar-refractivity contribution in [3.8, 4) is 0 Å². The summed E-state index contributed by atoms with van der Waals surface area (Å²) >= 11 is 11.7. The van der Waals surface area contributed by atoms with Gasteiger partial charge in [0.15, 0.2) is 0 Å². The quantitative estimate of drug-likeness (QED) is 0.870. The molecule has 4 heteroatoms. The fraction of sp³-hybridized carbons (Fsp3) is 0.455. The summed E-state index contributed by atoms with van der Waals surface area (Å²) < 4.78 is 5.23. The summed E-state index contributed by atoms with van der Waals surface area (Å²) in [4.78, 5) is 0. The smallest absolute Gasteiger partial charge is 0.0842 e. The van der Waals surface area contributed by atoms with Crippen molar-refractivity contribution in [3.63, 3.8) is 0 Å². The Hall–Kier alpha value is -0.280. The molecule has 0 radical (unpaired) electrons.